The molecule has 4 rings (SSSR count). The number of nitrogens with one attached hydrogen (secondary N) is 2. The first-order valence-electron chi connectivity index (χ1n) is 18.8. The van der Waals surface area contributed by atoms with E-state index in [1.54, 1.807) is 23.8 Å². The third-order valence-corrected chi connectivity index (χ3v) is 10.5. The number of carbonyl (C=O) groups is 4. The number of likely N-dealkylation sites (N-methyl/N-ethyl adjacent to an activating group) is 1. The molecule has 2 heterocycles. The minimum atomic E-state index is -0.739. The van der Waals surface area contributed by atoms with Gasteiger partial charge in [0.2, 0.25) is 23.6 Å². The smallest absolute Gasteiger partial charge is 0.249 e. The van der Waals surface area contributed by atoms with E-state index in [2.05, 4.69) is 53.6 Å². The van der Waals surface area contributed by atoms with Crippen molar-refractivity contribution < 1.29 is 19.2 Å². The number of likely N-dealkylation sites (tertiary alicyclic amines) is 2. The van der Waals surface area contributed by atoms with Crippen molar-refractivity contribution in [1.82, 2.24) is 25.3 Å². The Balaban J connectivity index is 1.44. The second kappa shape index (κ2) is 17.5. The van der Waals surface area contributed by atoms with Crippen LogP contribution in [0.4, 0.5) is 0 Å². The molecule has 278 valence electrons. The van der Waals surface area contributed by atoms with Crippen LogP contribution in [0, 0.1) is 11.3 Å². The van der Waals surface area contributed by atoms with Gasteiger partial charge >= 0.3 is 0 Å². The Bertz CT molecular complexity index is 1550. The first kappa shape index (κ1) is 39.8. The van der Waals surface area contributed by atoms with Crippen LogP contribution in [0.15, 0.2) is 66.2 Å². The lowest BCUT2D eigenvalue weighted by atomic mass is 9.84. The summed E-state index contributed by atoms with van der Waals surface area (Å²) in [7, 11) is 1.76. The molecular weight excluding hydrogens is 638 g/mol. The van der Waals surface area contributed by atoms with E-state index in [-0.39, 0.29) is 41.6 Å². The van der Waals surface area contributed by atoms with Crippen LogP contribution in [0.3, 0.4) is 0 Å². The van der Waals surface area contributed by atoms with Crippen molar-refractivity contribution in [3.8, 4) is 11.1 Å². The van der Waals surface area contributed by atoms with Gasteiger partial charge in [-0.1, -0.05) is 95.6 Å². The van der Waals surface area contributed by atoms with Crippen LogP contribution in [-0.4, -0.2) is 88.7 Å². The van der Waals surface area contributed by atoms with Crippen LogP contribution < -0.4 is 10.6 Å². The van der Waals surface area contributed by atoms with Crippen molar-refractivity contribution >= 4 is 23.6 Å². The zero-order chi connectivity index (χ0) is 37.5. The Morgan fingerprint density at radius 1 is 0.863 bits per heavy atom. The van der Waals surface area contributed by atoms with E-state index in [9.17, 15) is 19.2 Å². The predicted molar refractivity (Wildman–Crippen MR) is 204 cm³/mol. The molecule has 2 aliphatic heterocycles. The molecule has 0 bridgehead atoms. The molecule has 9 nitrogen and oxygen atoms in total. The molecule has 9 heteroatoms. The van der Waals surface area contributed by atoms with Gasteiger partial charge in [-0.3, -0.25) is 24.1 Å². The Hall–Kier alpha value is -3.98. The second-order valence-corrected chi connectivity index (χ2v) is 16.1. The maximum Gasteiger partial charge on any atom is 0.249 e. The van der Waals surface area contributed by atoms with Crippen LogP contribution in [-0.2, 0) is 25.7 Å². The van der Waals surface area contributed by atoms with Gasteiger partial charge in [0.05, 0.1) is 12.1 Å². The lowest BCUT2D eigenvalue weighted by molar-refractivity contribution is -0.142. The van der Waals surface area contributed by atoms with Crippen LogP contribution in [0.2, 0.25) is 0 Å². The van der Waals surface area contributed by atoms with Gasteiger partial charge in [0, 0.05) is 31.8 Å². The highest BCUT2D eigenvalue weighted by Gasteiger charge is 2.40. The van der Waals surface area contributed by atoms with E-state index in [4.69, 9.17) is 0 Å². The fourth-order valence-electron chi connectivity index (χ4n) is 7.48. The summed E-state index contributed by atoms with van der Waals surface area (Å²) < 4.78 is 0. The van der Waals surface area contributed by atoms with Gasteiger partial charge in [0.1, 0.15) is 12.1 Å². The second-order valence-electron chi connectivity index (χ2n) is 16.1. The number of hydrogen-bond donors (Lipinski definition) is 2. The summed E-state index contributed by atoms with van der Waals surface area (Å²) in [6.45, 7) is 17.7. The van der Waals surface area contributed by atoms with Crippen molar-refractivity contribution in [3.05, 3.63) is 71.8 Å². The quantitative estimate of drug-likeness (QED) is 0.258. The summed E-state index contributed by atoms with van der Waals surface area (Å²) in [5, 5.41) is 6.22. The van der Waals surface area contributed by atoms with E-state index < -0.39 is 23.5 Å². The molecule has 0 aromatic heterocycles. The van der Waals surface area contributed by atoms with E-state index in [0.717, 1.165) is 48.9 Å². The van der Waals surface area contributed by atoms with E-state index in [1.807, 2.05) is 71.0 Å². The average Bonchev–Trinajstić information content (AvgIpc) is 3.61. The van der Waals surface area contributed by atoms with Gasteiger partial charge < -0.3 is 20.4 Å². The summed E-state index contributed by atoms with van der Waals surface area (Å²) in [6.07, 6.45) is 6.04. The molecule has 0 radical (unpaired) electrons. The minimum absolute atomic E-state index is 0.00267. The van der Waals surface area contributed by atoms with Crippen LogP contribution in [0.25, 0.3) is 11.1 Å². The van der Waals surface area contributed by atoms with Crippen molar-refractivity contribution in [3.63, 3.8) is 0 Å². The van der Waals surface area contributed by atoms with E-state index >= 15 is 0 Å². The molecule has 0 saturated carbocycles. The lowest BCUT2D eigenvalue weighted by Gasteiger charge is -2.41. The number of benzene rings is 2. The number of hydrogen-bond acceptors (Lipinski definition) is 5. The Morgan fingerprint density at radius 3 is 2.18 bits per heavy atom. The van der Waals surface area contributed by atoms with Crippen molar-refractivity contribution in [2.24, 2.45) is 11.3 Å². The molecule has 0 spiro atoms. The number of piperidine rings is 1. The summed E-state index contributed by atoms with van der Waals surface area (Å²) in [5.74, 6) is -0.652. The zero-order valence-corrected chi connectivity index (χ0v) is 32.4. The molecule has 2 fully saturated rings. The summed E-state index contributed by atoms with van der Waals surface area (Å²) in [5.41, 5.74) is 3.15. The van der Waals surface area contributed by atoms with Gasteiger partial charge in [-0.15, -0.1) is 0 Å². The van der Waals surface area contributed by atoms with E-state index in [0.29, 0.717) is 25.1 Å². The fraction of sp³-hybridized carbons (Fsp3) is 0.571. The Morgan fingerprint density at radius 2 is 1.53 bits per heavy atom. The topological polar surface area (TPSA) is 102 Å². The number of rotatable bonds is 12. The number of amides is 4. The van der Waals surface area contributed by atoms with Gasteiger partial charge in [0.25, 0.3) is 0 Å². The zero-order valence-electron chi connectivity index (χ0n) is 32.4. The first-order valence-corrected chi connectivity index (χ1v) is 18.8. The molecule has 0 aliphatic carbocycles. The van der Waals surface area contributed by atoms with Crippen LogP contribution in [0.1, 0.15) is 93.1 Å². The normalized spacial score (nSPS) is 19.9. The third-order valence-electron chi connectivity index (χ3n) is 10.5. The molecule has 2 aromatic rings. The Labute approximate surface area is 306 Å². The minimum Gasteiger partial charge on any atom is -0.350 e. The van der Waals surface area contributed by atoms with Crippen molar-refractivity contribution in [2.75, 3.05) is 20.1 Å². The average molecular weight is 700 g/mol. The lowest BCUT2D eigenvalue weighted by Crippen LogP contribution is -2.60. The van der Waals surface area contributed by atoms with Gasteiger partial charge in [-0.05, 0) is 87.1 Å². The van der Waals surface area contributed by atoms with Gasteiger partial charge in [-0.2, -0.15) is 0 Å². The molecule has 2 aliphatic rings. The maximum atomic E-state index is 14.2. The molecule has 51 heavy (non-hydrogen) atoms. The van der Waals surface area contributed by atoms with Crippen molar-refractivity contribution in [2.45, 2.75) is 124 Å². The summed E-state index contributed by atoms with van der Waals surface area (Å²) >= 11 is 0. The number of carbonyl (C=O) groups excluding carboxylic acids is 4. The standard InChI is InChI=1S/C42H61N5O4/c1-28(2)36(45(9)41(51)37(42(6,7)8)44-39(49)35-21-13-14-23-46(35)29(3)4)25-30(5)40(50)47-24-16-22-34(47)38(48)43-27-31-17-15-20-33(26-31)32-18-11-10-12-19-32/h10-12,15,17-20,25-26,28-29,34-37H,13-14,16,21-24,27H2,1-9H3,(H,43,48)(H,44,49)/b30-25+/t34-,35?,36+,37+/m0/s1. The van der Waals surface area contributed by atoms with Crippen LogP contribution in [0.5, 0.6) is 0 Å². The molecule has 2 saturated heterocycles. The monoisotopic (exact) mass is 699 g/mol. The molecule has 1 unspecified atom stereocenters. The predicted octanol–water partition coefficient (Wildman–Crippen LogP) is 6.18. The molecule has 4 amide bonds. The van der Waals surface area contributed by atoms with Gasteiger partial charge in [0.15, 0.2) is 0 Å². The summed E-state index contributed by atoms with van der Waals surface area (Å²) in [6, 6.07) is 16.5. The van der Waals surface area contributed by atoms with Crippen molar-refractivity contribution in [1.29, 1.82) is 0 Å². The molecule has 4 atom stereocenters. The fourth-order valence-corrected chi connectivity index (χ4v) is 7.48. The highest BCUT2D eigenvalue weighted by Crippen LogP contribution is 2.27. The largest absolute Gasteiger partial charge is 0.350 e. The highest BCUT2D eigenvalue weighted by atomic mass is 16.2. The first-order chi connectivity index (χ1) is 24.1. The SMILES string of the molecule is C/C(=C\[C@H](C(C)C)N(C)C(=O)[C@@H](NC(=O)C1CCCCN1C(C)C)C(C)(C)C)C(=O)N1CCC[C@H]1C(=O)NCc1cccc(-c2ccccc2)c1. The molecular formula is C42H61N5O4. The van der Waals surface area contributed by atoms with Crippen LogP contribution >= 0.6 is 0 Å². The third kappa shape index (κ3) is 10.1. The molecule has 2 N–H and O–H groups in total. The number of nitrogens with zero attached hydrogens (tertiary/aromatic N) is 3. The summed E-state index contributed by atoms with van der Waals surface area (Å²) in [4.78, 5) is 60.8. The molecule has 2 aromatic carbocycles. The van der Waals surface area contributed by atoms with Gasteiger partial charge in [-0.25, -0.2) is 0 Å². The maximum absolute atomic E-state index is 14.2. The Kier molecular flexibility index (Phi) is 13.7. The highest BCUT2D eigenvalue weighted by molar-refractivity contribution is 5.97. The van der Waals surface area contributed by atoms with E-state index in [1.165, 1.54) is 0 Å².